The van der Waals surface area contributed by atoms with Crippen LogP contribution in [0.1, 0.15) is 25.3 Å². The zero-order valence-electron chi connectivity index (χ0n) is 14.1. The van der Waals surface area contributed by atoms with Crippen molar-refractivity contribution in [2.45, 2.75) is 19.8 Å². The van der Waals surface area contributed by atoms with Gasteiger partial charge in [0.05, 0.1) is 24.2 Å². The summed E-state index contributed by atoms with van der Waals surface area (Å²) in [5.74, 6) is -1.82. The standard InChI is InChI=1S/C17H18N2O6/c1-4-25-16(20)14-9-13(15(10(2)18-14)17(21)24-3)11-6-5-7-12(8-11)19(22)23/h5-9,13,18H,4H2,1-3H3. The average Bonchev–Trinajstić information content (AvgIpc) is 2.60. The molecule has 0 radical (unpaired) electrons. The van der Waals surface area contributed by atoms with Crippen LogP contribution in [0.25, 0.3) is 0 Å². The number of nitro benzene ring substituents is 1. The molecule has 1 heterocycles. The van der Waals surface area contributed by atoms with Crippen molar-refractivity contribution in [1.29, 1.82) is 0 Å². The number of hydrogen-bond acceptors (Lipinski definition) is 7. The van der Waals surface area contributed by atoms with Crippen molar-refractivity contribution in [1.82, 2.24) is 5.32 Å². The third kappa shape index (κ3) is 3.85. The first-order valence-electron chi connectivity index (χ1n) is 7.58. The normalized spacial score (nSPS) is 16.6. The first-order valence-corrected chi connectivity index (χ1v) is 7.58. The van der Waals surface area contributed by atoms with E-state index in [2.05, 4.69) is 5.32 Å². The summed E-state index contributed by atoms with van der Waals surface area (Å²) in [4.78, 5) is 34.7. The highest BCUT2D eigenvalue weighted by Crippen LogP contribution is 2.34. The summed E-state index contributed by atoms with van der Waals surface area (Å²) in [5, 5.41) is 13.9. The molecule has 1 aromatic carbocycles. The number of methoxy groups -OCH3 is 1. The minimum atomic E-state index is -0.673. The SMILES string of the molecule is CCOC(=O)C1=CC(c2cccc([N+](=O)[O-])c2)C(C(=O)OC)=C(C)N1. The molecular formula is C17H18N2O6. The highest BCUT2D eigenvalue weighted by atomic mass is 16.6. The molecule has 132 valence electrons. The van der Waals surface area contributed by atoms with E-state index >= 15 is 0 Å². The number of carbonyl (C=O) groups is 2. The molecule has 0 spiro atoms. The minimum absolute atomic E-state index is 0.107. The number of nitrogens with zero attached hydrogens (tertiary/aromatic N) is 1. The number of nitro groups is 1. The predicted octanol–water partition coefficient (Wildman–Crippen LogP) is 2.18. The van der Waals surface area contributed by atoms with E-state index in [0.717, 1.165) is 0 Å². The van der Waals surface area contributed by atoms with Crippen molar-refractivity contribution in [2.75, 3.05) is 13.7 Å². The molecule has 8 nitrogen and oxygen atoms in total. The topological polar surface area (TPSA) is 108 Å². The van der Waals surface area contributed by atoms with Gasteiger partial charge in [0.25, 0.3) is 5.69 Å². The van der Waals surface area contributed by atoms with E-state index in [1.54, 1.807) is 19.9 Å². The Labute approximate surface area is 144 Å². The molecule has 1 unspecified atom stereocenters. The lowest BCUT2D eigenvalue weighted by Gasteiger charge is -2.25. The van der Waals surface area contributed by atoms with Crippen LogP contribution in [-0.2, 0) is 19.1 Å². The summed E-state index contributed by atoms with van der Waals surface area (Å²) in [6.45, 7) is 3.51. The number of ether oxygens (including phenoxy) is 2. The Kier molecular flexibility index (Phi) is 5.53. The summed E-state index contributed by atoms with van der Waals surface area (Å²) in [7, 11) is 1.25. The molecule has 8 heteroatoms. The summed E-state index contributed by atoms with van der Waals surface area (Å²) in [6, 6.07) is 5.90. The van der Waals surface area contributed by atoms with Crippen LogP contribution in [0.3, 0.4) is 0 Å². The average molecular weight is 346 g/mol. The van der Waals surface area contributed by atoms with Crippen LogP contribution >= 0.6 is 0 Å². The zero-order valence-corrected chi connectivity index (χ0v) is 14.1. The van der Waals surface area contributed by atoms with Crippen LogP contribution in [-0.4, -0.2) is 30.6 Å². The summed E-state index contributed by atoms with van der Waals surface area (Å²) < 4.78 is 9.80. The van der Waals surface area contributed by atoms with E-state index in [0.29, 0.717) is 11.3 Å². The fourth-order valence-corrected chi connectivity index (χ4v) is 2.61. The third-order valence-electron chi connectivity index (χ3n) is 3.71. The first kappa shape index (κ1) is 18.2. The lowest BCUT2D eigenvalue weighted by atomic mass is 9.86. The number of dihydropyridines is 1. The van der Waals surface area contributed by atoms with E-state index < -0.39 is 22.8 Å². The van der Waals surface area contributed by atoms with Crippen molar-refractivity contribution < 1.29 is 24.0 Å². The first-order chi connectivity index (χ1) is 11.9. The Morgan fingerprint density at radius 2 is 2.04 bits per heavy atom. The molecule has 1 aromatic rings. The highest BCUT2D eigenvalue weighted by molar-refractivity contribution is 5.95. The number of hydrogen-bond donors (Lipinski definition) is 1. The molecule has 0 saturated carbocycles. The molecule has 1 aliphatic rings. The van der Waals surface area contributed by atoms with E-state index in [9.17, 15) is 19.7 Å². The van der Waals surface area contributed by atoms with Gasteiger partial charge in [0.2, 0.25) is 0 Å². The minimum Gasteiger partial charge on any atom is -0.466 e. The maximum Gasteiger partial charge on any atom is 0.354 e. The summed E-state index contributed by atoms with van der Waals surface area (Å²) >= 11 is 0. The number of esters is 2. The van der Waals surface area contributed by atoms with Gasteiger partial charge in [-0.3, -0.25) is 10.1 Å². The van der Waals surface area contributed by atoms with Crippen LogP contribution in [0.15, 0.2) is 47.3 Å². The second-order valence-electron chi connectivity index (χ2n) is 5.29. The second kappa shape index (κ2) is 7.61. The van der Waals surface area contributed by atoms with Crippen molar-refractivity contribution in [3.05, 3.63) is 63.0 Å². The smallest absolute Gasteiger partial charge is 0.354 e. The molecule has 0 aliphatic carbocycles. The fraction of sp³-hybridized carbons (Fsp3) is 0.294. The molecule has 2 rings (SSSR count). The van der Waals surface area contributed by atoms with Crippen LogP contribution in [0.2, 0.25) is 0 Å². The Hall–Kier alpha value is -3.16. The van der Waals surface area contributed by atoms with Crippen LogP contribution < -0.4 is 5.32 Å². The largest absolute Gasteiger partial charge is 0.466 e. The number of rotatable bonds is 5. The number of non-ortho nitro benzene ring substituents is 1. The van der Waals surface area contributed by atoms with Gasteiger partial charge in [-0.05, 0) is 25.5 Å². The molecule has 0 saturated heterocycles. The van der Waals surface area contributed by atoms with Crippen molar-refractivity contribution in [2.24, 2.45) is 0 Å². The van der Waals surface area contributed by atoms with Crippen molar-refractivity contribution in [3.63, 3.8) is 0 Å². The number of carbonyl (C=O) groups excluding carboxylic acids is 2. The lowest BCUT2D eigenvalue weighted by Crippen LogP contribution is -2.30. The van der Waals surface area contributed by atoms with E-state index in [1.165, 1.54) is 31.4 Å². The maximum atomic E-state index is 12.2. The second-order valence-corrected chi connectivity index (χ2v) is 5.29. The molecule has 1 aliphatic heterocycles. The number of nitrogens with one attached hydrogen (secondary N) is 1. The van der Waals surface area contributed by atoms with Gasteiger partial charge in [-0.1, -0.05) is 12.1 Å². The van der Waals surface area contributed by atoms with Crippen molar-refractivity contribution >= 4 is 17.6 Å². The molecular weight excluding hydrogens is 328 g/mol. The predicted molar refractivity (Wildman–Crippen MR) is 88.4 cm³/mol. The molecule has 0 fully saturated rings. The van der Waals surface area contributed by atoms with Gasteiger partial charge in [-0.2, -0.15) is 0 Å². The van der Waals surface area contributed by atoms with Crippen molar-refractivity contribution in [3.8, 4) is 0 Å². The molecule has 0 amide bonds. The zero-order chi connectivity index (χ0) is 18.6. The molecule has 1 atom stereocenters. The number of allylic oxidation sites excluding steroid dienone is 2. The van der Waals surface area contributed by atoms with Gasteiger partial charge in [0.15, 0.2) is 0 Å². The van der Waals surface area contributed by atoms with Crippen LogP contribution in [0, 0.1) is 10.1 Å². The van der Waals surface area contributed by atoms with Gasteiger partial charge < -0.3 is 14.8 Å². The van der Waals surface area contributed by atoms with Gasteiger partial charge >= 0.3 is 11.9 Å². The molecule has 0 bridgehead atoms. The lowest BCUT2D eigenvalue weighted by molar-refractivity contribution is -0.384. The monoisotopic (exact) mass is 346 g/mol. The summed E-state index contributed by atoms with van der Waals surface area (Å²) in [5.41, 5.74) is 1.26. The Morgan fingerprint density at radius 1 is 1.32 bits per heavy atom. The third-order valence-corrected chi connectivity index (χ3v) is 3.71. The van der Waals surface area contributed by atoms with Gasteiger partial charge in [0.1, 0.15) is 5.70 Å². The van der Waals surface area contributed by atoms with E-state index in [-0.39, 0.29) is 23.6 Å². The molecule has 0 aromatic heterocycles. The summed E-state index contributed by atoms with van der Waals surface area (Å²) in [6.07, 6.45) is 1.51. The maximum absolute atomic E-state index is 12.2. The van der Waals surface area contributed by atoms with Gasteiger partial charge in [-0.25, -0.2) is 9.59 Å². The van der Waals surface area contributed by atoms with E-state index in [4.69, 9.17) is 9.47 Å². The Bertz CT molecular complexity index is 781. The van der Waals surface area contributed by atoms with Gasteiger partial charge in [0, 0.05) is 23.7 Å². The molecule has 25 heavy (non-hydrogen) atoms. The fourth-order valence-electron chi connectivity index (χ4n) is 2.61. The molecule has 1 N–H and O–H groups in total. The van der Waals surface area contributed by atoms with Crippen LogP contribution in [0.4, 0.5) is 5.69 Å². The van der Waals surface area contributed by atoms with Gasteiger partial charge in [-0.15, -0.1) is 0 Å². The highest BCUT2D eigenvalue weighted by Gasteiger charge is 2.31. The van der Waals surface area contributed by atoms with Crippen LogP contribution in [0.5, 0.6) is 0 Å². The quantitative estimate of drug-likeness (QED) is 0.494. The Morgan fingerprint density at radius 3 is 2.64 bits per heavy atom. The number of benzene rings is 1. The Balaban J connectivity index is 2.55. The van der Waals surface area contributed by atoms with E-state index in [1.807, 2.05) is 0 Å².